The molecule has 0 amide bonds. The molecule has 0 aliphatic carbocycles. The molecule has 0 heterocycles. The first kappa shape index (κ1) is 13.5. The average Bonchev–Trinajstić information content (AvgIpc) is 2.21. The highest BCUT2D eigenvalue weighted by atomic mass is 79.9. The fraction of sp³-hybridized carbons (Fsp3) is 0.400. The van der Waals surface area contributed by atoms with Gasteiger partial charge in [-0.25, -0.2) is 8.42 Å². The Morgan fingerprint density at radius 1 is 1.38 bits per heavy atom. The molecule has 0 saturated heterocycles. The molecule has 0 fully saturated rings. The number of benzene rings is 1. The van der Waals surface area contributed by atoms with Gasteiger partial charge in [-0.3, -0.25) is 4.31 Å². The standard InChI is InChI=1S/C10H15BrN2O2S/c1-2-13(16(14,15)8-7-12)10-6-4-3-5-9(10)11/h3-6H,2,7-8,12H2,1H3. The van der Waals surface area contributed by atoms with Crippen LogP contribution in [0.5, 0.6) is 0 Å². The minimum atomic E-state index is -3.32. The Morgan fingerprint density at radius 3 is 2.50 bits per heavy atom. The number of nitrogens with zero attached hydrogens (tertiary/aromatic N) is 1. The Labute approximate surface area is 105 Å². The van der Waals surface area contributed by atoms with Gasteiger partial charge in [-0.05, 0) is 35.0 Å². The lowest BCUT2D eigenvalue weighted by molar-refractivity contribution is 0.591. The van der Waals surface area contributed by atoms with E-state index in [4.69, 9.17) is 5.73 Å². The Balaban J connectivity index is 3.14. The lowest BCUT2D eigenvalue weighted by atomic mass is 10.3. The summed E-state index contributed by atoms with van der Waals surface area (Å²) in [5.74, 6) is -0.0395. The number of hydrogen-bond donors (Lipinski definition) is 1. The number of hydrogen-bond acceptors (Lipinski definition) is 3. The first-order valence-corrected chi connectivity index (χ1v) is 7.38. The summed E-state index contributed by atoms with van der Waals surface area (Å²) in [7, 11) is -3.32. The quantitative estimate of drug-likeness (QED) is 0.898. The van der Waals surface area contributed by atoms with Gasteiger partial charge in [0.2, 0.25) is 10.0 Å². The summed E-state index contributed by atoms with van der Waals surface area (Å²) in [4.78, 5) is 0. The highest BCUT2D eigenvalue weighted by Gasteiger charge is 2.21. The SMILES string of the molecule is CCN(c1ccccc1Br)S(=O)(=O)CCN. The predicted octanol–water partition coefficient (Wildman–Crippen LogP) is 1.56. The molecular weight excluding hydrogens is 292 g/mol. The zero-order valence-corrected chi connectivity index (χ0v) is 11.5. The largest absolute Gasteiger partial charge is 0.329 e. The molecule has 1 aromatic carbocycles. The van der Waals surface area contributed by atoms with Crippen molar-refractivity contribution in [1.29, 1.82) is 0 Å². The lowest BCUT2D eigenvalue weighted by Crippen LogP contribution is -2.35. The molecule has 0 atom stereocenters. The molecule has 0 saturated carbocycles. The van der Waals surface area contributed by atoms with Crippen LogP contribution in [0.15, 0.2) is 28.7 Å². The molecule has 1 aromatic rings. The van der Waals surface area contributed by atoms with Gasteiger partial charge in [0.15, 0.2) is 0 Å². The Morgan fingerprint density at radius 2 is 2.00 bits per heavy atom. The van der Waals surface area contributed by atoms with Crippen LogP contribution in [0.2, 0.25) is 0 Å². The summed E-state index contributed by atoms with van der Waals surface area (Å²) in [6.45, 7) is 2.32. The summed E-state index contributed by atoms with van der Waals surface area (Å²) < 4.78 is 26.0. The molecule has 0 bridgehead atoms. The Hall–Kier alpha value is -0.590. The van der Waals surface area contributed by atoms with Crippen LogP contribution < -0.4 is 10.0 Å². The third-order valence-corrected chi connectivity index (χ3v) is 4.67. The summed E-state index contributed by atoms with van der Waals surface area (Å²) >= 11 is 3.34. The van der Waals surface area contributed by atoms with E-state index in [-0.39, 0.29) is 12.3 Å². The highest BCUT2D eigenvalue weighted by molar-refractivity contribution is 9.10. The van der Waals surface area contributed by atoms with Crippen molar-refractivity contribution in [3.05, 3.63) is 28.7 Å². The van der Waals surface area contributed by atoms with E-state index in [2.05, 4.69) is 15.9 Å². The van der Waals surface area contributed by atoms with E-state index < -0.39 is 10.0 Å². The minimum absolute atomic E-state index is 0.0395. The lowest BCUT2D eigenvalue weighted by Gasteiger charge is -2.23. The normalized spacial score (nSPS) is 11.4. The van der Waals surface area contributed by atoms with Crippen molar-refractivity contribution >= 4 is 31.6 Å². The maximum Gasteiger partial charge on any atom is 0.236 e. The van der Waals surface area contributed by atoms with Gasteiger partial charge >= 0.3 is 0 Å². The van der Waals surface area contributed by atoms with Crippen LogP contribution in [0.1, 0.15) is 6.92 Å². The molecule has 0 aromatic heterocycles. The molecule has 90 valence electrons. The molecule has 0 unspecified atom stereocenters. The Kier molecular flexibility index (Phi) is 4.76. The first-order valence-electron chi connectivity index (χ1n) is 4.98. The molecule has 0 radical (unpaired) electrons. The molecule has 0 aliphatic heterocycles. The van der Waals surface area contributed by atoms with Gasteiger partial charge < -0.3 is 5.73 Å². The summed E-state index contributed by atoms with van der Waals surface area (Å²) in [6.07, 6.45) is 0. The second kappa shape index (κ2) is 5.65. The van der Waals surface area contributed by atoms with Gasteiger partial charge in [0.1, 0.15) is 0 Å². The van der Waals surface area contributed by atoms with Gasteiger partial charge in [-0.1, -0.05) is 12.1 Å². The number of nitrogens with two attached hydrogens (primary N) is 1. The number of rotatable bonds is 5. The fourth-order valence-corrected chi connectivity index (χ4v) is 3.42. The van der Waals surface area contributed by atoms with Crippen LogP contribution in [0.4, 0.5) is 5.69 Å². The van der Waals surface area contributed by atoms with Crippen LogP contribution in [0.25, 0.3) is 0 Å². The number of halogens is 1. The van der Waals surface area contributed by atoms with Crippen LogP contribution in [0, 0.1) is 0 Å². The predicted molar refractivity (Wildman–Crippen MR) is 70.0 cm³/mol. The van der Waals surface area contributed by atoms with Gasteiger partial charge in [-0.15, -0.1) is 0 Å². The molecule has 0 spiro atoms. The zero-order valence-electron chi connectivity index (χ0n) is 9.06. The van der Waals surface area contributed by atoms with E-state index in [1.165, 1.54) is 4.31 Å². The van der Waals surface area contributed by atoms with Crippen LogP contribution in [0.3, 0.4) is 0 Å². The van der Waals surface area contributed by atoms with Crippen molar-refractivity contribution < 1.29 is 8.42 Å². The molecule has 2 N–H and O–H groups in total. The van der Waals surface area contributed by atoms with Crippen molar-refractivity contribution in [2.45, 2.75) is 6.92 Å². The van der Waals surface area contributed by atoms with Gasteiger partial charge in [0.05, 0.1) is 11.4 Å². The zero-order chi connectivity index (χ0) is 12.2. The van der Waals surface area contributed by atoms with E-state index in [9.17, 15) is 8.42 Å². The summed E-state index contributed by atoms with van der Waals surface area (Å²) in [6, 6.07) is 7.23. The maximum absolute atomic E-state index is 11.9. The van der Waals surface area contributed by atoms with Gasteiger partial charge in [0, 0.05) is 17.6 Å². The number of para-hydroxylation sites is 1. The van der Waals surface area contributed by atoms with Gasteiger partial charge in [-0.2, -0.15) is 0 Å². The van der Waals surface area contributed by atoms with Crippen molar-refractivity contribution in [2.75, 3.05) is 23.1 Å². The van der Waals surface area contributed by atoms with Crippen LogP contribution >= 0.6 is 15.9 Å². The van der Waals surface area contributed by atoms with Crippen LogP contribution in [-0.4, -0.2) is 27.3 Å². The summed E-state index contributed by atoms with van der Waals surface area (Å²) in [5, 5.41) is 0. The monoisotopic (exact) mass is 306 g/mol. The third-order valence-electron chi connectivity index (χ3n) is 2.12. The van der Waals surface area contributed by atoms with E-state index in [1.54, 1.807) is 19.1 Å². The molecular formula is C10H15BrN2O2S. The number of anilines is 1. The smallest absolute Gasteiger partial charge is 0.236 e. The van der Waals surface area contributed by atoms with E-state index in [0.29, 0.717) is 12.2 Å². The molecule has 16 heavy (non-hydrogen) atoms. The fourth-order valence-electron chi connectivity index (χ4n) is 1.43. The van der Waals surface area contributed by atoms with E-state index in [0.717, 1.165) is 4.47 Å². The summed E-state index contributed by atoms with van der Waals surface area (Å²) in [5.41, 5.74) is 5.96. The highest BCUT2D eigenvalue weighted by Crippen LogP contribution is 2.27. The van der Waals surface area contributed by atoms with Crippen molar-refractivity contribution in [1.82, 2.24) is 0 Å². The van der Waals surface area contributed by atoms with Gasteiger partial charge in [0.25, 0.3) is 0 Å². The topological polar surface area (TPSA) is 63.4 Å². The third kappa shape index (κ3) is 2.96. The maximum atomic E-state index is 11.9. The minimum Gasteiger partial charge on any atom is -0.329 e. The van der Waals surface area contributed by atoms with E-state index in [1.807, 2.05) is 12.1 Å². The van der Waals surface area contributed by atoms with E-state index >= 15 is 0 Å². The second-order valence-corrected chi connectivity index (χ2v) is 6.09. The van der Waals surface area contributed by atoms with Crippen LogP contribution in [-0.2, 0) is 10.0 Å². The molecule has 4 nitrogen and oxygen atoms in total. The number of sulfonamides is 1. The molecule has 6 heteroatoms. The van der Waals surface area contributed by atoms with Crippen molar-refractivity contribution in [3.63, 3.8) is 0 Å². The molecule has 1 rings (SSSR count). The second-order valence-electron chi connectivity index (χ2n) is 3.22. The van der Waals surface area contributed by atoms with Crippen molar-refractivity contribution in [2.24, 2.45) is 5.73 Å². The first-order chi connectivity index (χ1) is 7.53. The van der Waals surface area contributed by atoms with Crippen molar-refractivity contribution in [3.8, 4) is 0 Å². The molecule has 0 aliphatic rings. The Bertz CT molecular complexity index is 448. The average molecular weight is 307 g/mol.